The highest BCUT2D eigenvalue weighted by atomic mass is 16.5. The van der Waals surface area contributed by atoms with E-state index in [9.17, 15) is 14.7 Å². The summed E-state index contributed by atoms with van der Waals surface area (Å²) in [5.74, 6) is -1.23. The molecule has 2 amide bonds. The Balaban J connectivity index is 1.74. The molecular formula is C26H34N4O7. The van der Waals surface area contributed by atoms with Gasteiger partial charge in [-0.3, -0.25) is 14.8 Å². The average molecular weight is 515 g/mol. The van der Waals surface area contributed by atoms with Crippen LogP contribution in [-0.2, 0) is 16.0 Å². The van der Waals surface area contributed by atoms with Gasteiger partial charge in [0.2, 0.25) is 5.91 Å². The van der Waals surface area contributed by atoms with Crippen molar-refractivity contribution in [3.63, 3.8) is 0 Å². The zero-order chi connectivity index (χ0) is 27.0. The van der Waals surface area contributed by atoms with Crippen LogP contribution in [0.5, 0.6) is 5.75 Å². The summed E-state index contributed by atoms with van der Waals surface area (Å²) in [6.45, 7) is 8.15. The predicted molar refractivity (Wildman–Crippen MR) is 132 cm³/mol. The van der Waals surface area contributed by atoms with Gasteiger partial charge in [0.25, 0.3) is 11.8 Å². The Bertz CT molecular complexity index is 1140. The van der Waals surface area contributed by atoms with Crippen molar-refractivity contribution >= 4 is 11.8 Å². The van der Waals surface area contributed by atoms with E-state index in [1.807, 2.05) is 52.0 Å². The fourth-order valence-electron chi connectivity index (χ4n) is 3.90. The first kappa shape index (κ1) is 27.9. The quantitative estimate of drug-likeness (QED) is 0.210. The second-order valence-corrected chi connectivity index (χ2v) is 9.74. The summed E-state index contributed by atoms with van der Waals surface area (Å²) in [6, 6.07) is 10.3. The molecule has 0 saturated carbocycles. The van der Waals surface area contributed by atoms with Gasteiger partial charge >= 0.3 is 0 Å². The lowest BCUT2D eigenvalue weighted by Gasteiger charge is -2.31. The molecule has 200 valence electrons. The van der Waals surface area contributed by atoms with Crippen LogP contribution in [0.4, 0.5) is 0 Å². The first-order valence-corrected chi connectivity index (χ1v) is 12.2. The van der Waals surface area contributed by atoms with E-state index in [0.717, 1.165) is 11.3 Å². The summed E-state index contributed by atoms with van der Waals surface area (Å²) >= 11 is 0. The summed E-state index contributed by atoms with van der Waals surface area (Å²) in [5, 5.41) is 26.5. The number of aliphatic hydroxyl groups excluding tert-OH is 1. The highest BCUT2D eigenvalue weighted by Gasteiger charge is 2.37. The Morgan fingerprint density at radius 3 is 2.46 bits per heavy atom. The van der Waals surface area contributed by atoms with Gasteiger partial charge in [-0.2, -0.15) is 4.98 Å². The maximum atomic E-state index is 13.4. The van der Waals surface area contributed by atoms with Crippen molar-refractivity contribution in [3.05, 3.63) is 54.0 Å². The van der Waals surface area contributed by atoms with E-state index in [4.69, 9.17) is 18.9 Å². The van der Waals surface area contributed by atoms with Crippen molar-refractivity contribution in [1.29, 1.82) is 0 Å². The lowest BCUT2D eigenvalue weighted by Crippen LogP contribution is -2.48. The van der Waals surface area contributed by atoms with Gasteiger partial charge in [-0.1, -0.05) is 38.1 Å². The molecular weight excluding hydrogens is 480 g/mol. The summed E-state index contributed by atoms with van der Waals surface area (Å²) in [4.78, 5) is 29.8. The minimum absolute atomic E-state index is 0.162. The third kappa shape index (κ3) is 7.40. The number of hydrogen-bond donors (Lipinski definition) is 4. The van der Waals surface area contributed by atoms with Crippen molar-refractivity contribution in [2.45, 2.75) is 59.1 Å². The van der Waals surface area contributed by atoms with Crippen LogP contribution in [0.1, 0.15) is 58.0 Å². The Kier molecular flexibility index (Phi) is 9.42. The number of nitrogens with one attached hydrogen (secondary N) is 2. The zero-order valence-electron chi connectivity index (χ0n) is 21.4. The third-order valence-electron chi connectivity index (χ3n) is 5.90. The third-order valence-corrected chi connectivity index (χ3v) is 5.90. The summed E-state index contributed by atoms with van der Waals surface area (Å²) < 4.78 is 16.1. The molecule has 0 fully saturated rings. The number of aromatic nitrogens is 2. The fraction of sp³-hybridized carbons (Fsp3) is 0.462. The number of nitrogens with zero attached hydrogens (tertiary/aromatic N) is 2. The molecule has 11 heteroatoms. The van der Waals surface area contributed by atoms with E-state index in [-0.39, 0.29) is 18.1 Å². The summed E-state index contributed by atoms with van der Waals surface area (Å²) in [5.41, 5.74) is 1.90. The molecule has 3 rings (SSSR count). The molecule has 4 N–H and O–H groups in total. The van der Waals surface area contributed by atoms with Crippen LogP contribution in [0, 0.1) is 11.3 Å². The van der Waals surface area contributed by atoms with Gasteiger partial charge in [0.1, 0.15) is 11.9 Å². The molecule has 0 unspecified atom stereocenters. The van der Waals surface area contributed by atoms with Crippen molar-refractivity contribution in [2.24, 2.45) is 11.3 Å². The SMILES string of the molecule is CCOc1ccc(CCC[C@H](C(=O)N[C@H](c2noc(-c3ccco3)n2)C(C)(C)C)[C@H](O)C(=O)NO)cc1. The van der Waals surface area contributed by atoms with E-state index in [1.54, 1.807) is 12.1 Å². The molecule has 0 saturated heterocycles. The normalized spacial score (nSPS) is 14.0. The molecule has 0 aliphatic rings. The summed E-state index contributed by atoms with van der Waals surface area (Å²) in [6.07, 6.45) is 1.04. The number of carbonyl (C=O) groups excluding carboxylic acids is 2. The number of furan rings is 1. The molecule has 2 heterocycles. The van der Waals surface area contributed by atoms with Crippen molar-refractivity contribution < 1.29 is 33.6 Å². The second-order valence-electron chi connectivity index (χ2n) is 9.74. The number of hydroxylamine groups is 1. The minimum atomic E-state index is -1.75. The van der Waals surface area contributed by atoms with Gasteiger partial charge in [0.15, 0.2) is 11.6 Å². The number of amides is 2. The number of hydrogen-bond acceptors (Lipinski definition) is 9. The number of aliphatic hydroxyl groups is 1. The van der Waals surface area contributed by atoms with Crippen molar-refractivity contribution in [1.82, 2.24) is 20.9 Å². The Morgan fingerprint density at radius 2 is 1.86 bits per heavy atom. The van der Waals surface area contributed by atoms with Gasteiger partial charge in [-0.15, -0.1) is 0 Å². The average Bonchev–Trinajstić information content (AvgIpc) is 3.57. The number of aryl methyl sites for hydroxylation is 1. The molecule has 0 aliphatic heterocycles. The van der Waals surface area contributed by atoms with Gasteiger partial charge < -0.3 is 24.1 Å². The topological polar surface area (TPSA) is 160 Å². The van der Waals surface area contributed by atoms with E-state index in [0.29, 0.717) is 25.2 Å². The van der Waals surface area contributed by atoms with E-state index < -0.39 is 35.3 Å². The number of carbonyl (C=O) groups is 2. The first-order chi connectivity index (χ1) is 17.6. The Hall–Kier alpha value is -3.70. The molecule has 0 bridgehead atoms. The zero-order valence-corrected chi connectivity index (χ0v) is 21.4. The van der Waals surface area contributed by atoms with E-state index >= 15 is 0 Å². The van der Waals surface area contributed by atoms with Crippen LogP contribution >= 0.6 is 0 Å². The minimum Gasteiger partial charge on any atom is -0.494 e. The smallest absolute Gasteiger partial charge is 0.293 e. The number of rotatable bonds is 12. The van der Waals surface area contributed by atoms with Gasteiger partial charge in [-0.25, -0.2) is 5.48 Å². The highest BCUT2D eigenvalue weighted by Crippen LogP contribution is 2.33. The maximum absolute atomic E-state index is 13.4. The Labute approximate surface area is 215 Å². The van der Waals surface area contributed by atoms with Crippen LogP contribution in [0.2, 0.25) is 0 Å². The monoisotopic (exact) mass is 514 g/mol. The lowest BCUT2D eigenvalue weighted by atomic mass is 9.85. The van der Waals surface area contributed by atoms with Crippen LogP contribution < -0.4 is 15.5 Å². The van der Waals surface area contributed by atoms with Crippen LogP contribution in [0.15, 0.2) is 51.6 Å². The molecule has 0 aliphatic carbocycles. The molecule has 3 aromatic rings. The first-order valence-electron chi connectivity index (χ1n) is 12.2. The molecule has 11 nitrogen and oxygen atoms in total. The highest BCUT2D eigenvalue weighted by molar-refractivity contribution is 5.88. The molecule has 37 heavy (non-hydrogen) atoms. The largest absolute Gasteiger partial charge is 0.494 e. The van der Waals surface area contributed by atoms with E-state index in [2.05, 4.69) is 15.5 Å². The molecule has 0 radical (unpaired) electrons. The van der Waals surface area contributed by atoms with Crippen molar-refractivity contribution in [2.75, 3.05) is 6.61 Å². The number of benzene rings is 1. The van der Waals surface area contributed by atoms with Gasteiger partial charge in [-0.05, 0) is 61.4 Å². The van der Waals surface area contributed by atoms with Crippen LogP contribution in [0.3, 0.4) is 0 Å². The van der Waals surface area contributed by atoms with Crippen molar-refractivity contribution in [3.8, 4) is 17.4 Å². The van der Waals surface area contributed by atoms with Gasteiger partial charge in [0.05, 0.1) is 24.8 Å². The molecule has 1 aromatic carbocycles. The maximum Gasteiger partial charge on any atom is 0.293 e. The number of ether oxygens (including phenoxy) is 1. The standard InChI is InChI=1S/C26H34N4O7/c1-5-35-17-13-11-16(12-14-17)8-6-9-18(20(31)24(33)29-34)23(32)27-21(26(2,3)4)22-28-25(37-30-22)19-10-7-15-36-19/h7,10-15,18,20-21,31,34H,5-6,8-9H2,1-4H3,(H,27,32)(H,29,33)/t18-,20-,21+/m0/s1. The fourth-order valence-corrected chi connectivity index (χ4v) is 3.90. The molecule has 3 atom stereocenters. The predicted octanol–water partition coefficient (Wildman–Crippen LogP) is 3.44. The van der Waals surface area contributed by atoms with Gasteiger partial charge in [0, 0.05) is 0 Å². The second kappa shape index (κ2) is 12.5. The van der Waals surface area contributed by atoms with Crippen LogP contribution in [0.25, 0.3) is 11.7 Å². The molecule has 0 spiro atoms. The van der Waals surface area contributed by atoms with Crippen LogP contribution in [-0.4, -0.2) is 45.0 Å². The summed E-state index contributed by atoms with van der Waals surface area (Å²) in [7, 11) is 0. The molecule has 2 aromatic heterocycles. The van der Waals surface area contributed by atoms with E-state index in [1.165, 1.54) is 11.7 Å². The Morgan fingerprint density at radius 1 is 1.14 bits per heavy atom. The lowest BCUT2D eigenvalue weighted by molar-refractivity contribution is -0.146.